The van der Waals surface area contributed by atoms with Gasteiger partial charge in [0.15, 0.2) is 0 Å². The van der Waals surface area contributed by atoms with Crippen LogP contribution in [0, 0.1) is 11.3 Å². The lowest BCUT2D eigenvalue weighted by molar-refractivity contribution is 0.788. The largest absolute Gasteiger partial charge is 0.369 e. The third-order valence-corrected chi connectivity index (χ3v) is 3.73. The van der Waals surface area contributed by atoms with Gasteiger partial charge in [0, 0.05) is 38.1 Å². The van der Waals surface area contributed by atoms with Crippen LogP contribution in [0.5, 0.6) is 0 Å². The maximum atomic E-state index is 9.23. The van der Waals surface area contributed by atoms with Crippen molar-refractivity contribution in [2.24, 2.45) is 7.05 Å². The zero-order chi connectivity index (χ0) is 13.9. The normalized spacial score (nSPS) is 13.0. The number of pyridine rings is 1. The molecule has 0 saturated carbocycles. The van der Waals surface area contributed by atoms with E-state index in [4.69, 9.17) is 0 Å². The maximum absolute atomic E-state index is 9.23. The number of hydrogen-bond donors (Lipinski definition) is 1. The van der Waals surface area contributed by atoms with E-state index in [1.807, 2.05) is 23.9 Å². The molecule has 20 heavy (non-hydrogen) atoms. The SMILES string of the molecule is Cn1ccnc1CCNc1nc2c(cc1C#N)CCC2. The van der Waals surface area contributed by atoms with Crippen LogP contribution in [-0.2, 0) is 26.3 Å². The van der Waals surface area contributed by atoms with E-state index in [0.717, 1.165) is 43.7 Å². The third-order valence-electron chi connectivity index (χ3n) is 3.73. The van der Waals surface area contributed by atoms with Gasteiger partial charge in [-0.1, -0.05) is 0 Å². The molecule has 3 rings (SSSR count). The molecule has 0 atom stereocenters. The van der Waals surface area contributed by atoms with Crippen molar-refractivity contribution in [2.45, 2.75) is 25.7 Å². The molecule has 0 aliphatic heterocycles. The fourth-order valence-corrected chi connectivity index (χ4v) is 2.62. The second-order valence-electron chi connectivity index (χ2n) is 5.09. The molecule has 1 aliphatic carbocycles. The predicted octanol–water partition coefficient (Wildman–Crippen LogP) is 1.83. The summed E-state index contributed by atoms with van der Waals surface area (Å²) < 4.78 is 2.00. The molecule has 5 heteroatoms. The number of fused-ring (bicyclic) bond motifs is 1. The molecule has 0 saturated heterocycles. The first-order valence-corrected chi connectivity index (χ1v) is 6.91. The van der Waals surface area contributed by atoms with E-state index in [-0.39, 0.29) is 0 Å². The Labute approximate surface area is 118 Å². The quantitative estimate of drug-likeness (QED) is 0.917. The van der Waals surface area contributed by atoms with Crippen LogP contribution < -0.4 is 5.32 Å². The van der Waals surface area contributed by atoms with Crippen molar-refractivity contribution in [1.82, 2.24) is 14.5 Å². The van der Waals surface area contributed by atoms with Crippen molar-refractivity contribution in [3.05, 3.63) is 41.1 Å². The first kappa shape index (κ1) is 12.7. The fourth-order valence-electron chi connectivity index (χ4n) is 2.62. The highest BCUT2D eigenvalue weighted by Crippen LogP contribution is 2.24. The van der Waals surface area contributed by atoms with Gasteiger partial charge in [0.05, 0.1) is 5.56 Å². The van der Waals surface area contributed by atoms with Crippen LogP contribution in [-0.4, -0.2) is 21.1 Å². The molecule has 0 unspecified atom stereocenters. The molecular weight excluding hydrogens is 250 g/mol. The van der Waals surface area contributed by atoms with Gasteiger partial charge >= 0.3 is 0 Å². The summed E-state index contributed by atoms with van der Waals surface area (Å²) >= 11 is 0. The number of aromatic nitrogens is 3. The van der Waals surface area contributed by atoms with E-state index < -0.39 is 0 Å². The lowest BCUT2D eigenvalue weighted by Crippen LogP contribution is -2.11. The molecule has 5 nitrogen and oxygen atoms in total. The van der Waals surface area contributed by atoms with Crippen molar-refractivity contribution in [3.63, 3.8) is 0 Å². The highest BCUT2D eigenvalue weighted by Gasteiger charge is 2.16. The predicted molar refractivity (Wildman–Crippen MR) is 76.4 cm³/mol. The Morgan fingerprint density at radius 3 is 3.10 bits per heavy atom. The van der Waals surface area contributed by atoms with Gasteiger partial charge in [0.1, 0.15) is 17.7 Å². The standard InChI is InChI=1S/C15H17N5/c1-20-8-7-17-14(20)5-6-18-15-12(10-16)9-11-3-2-4-13(11)19-15/h7-9H,2-6H2,1H3,(H,18,19). The molecule has 1 N–H and O–H groups in total. The molecule has 102 valence electrons. The number of nitriles is 1. The molecule has 0 spiro atoms. The first-order valence-electron chi connectivity index (χ1n) is 6.91. The highest BCUT2D eigenvalue weighted by atomic mass is 15.0. The van der Waals surface area contributed by atoms with Crippen molar-refractivity contribution < 1.29 is 0 Å². The van der Waals surface area contributed by atoms with Crippen molar-refractivity contribution in [1.29, 1.82) is 5.26 Å². The molecule has 2 aromatic heterocycles. The third kappa shape index (κ3) is 2.37. The van der Waals surface area contributed by atoms with Gasteiger partial charge in [0.25, 0.3) is 0 Å². The van der Waals surface area contributed by atoms with Crippen LogP contribution in [0.2, 0.25) is 0 Å². The Kier molecular flexibility index (Phi) is 3.38. The van der Waals surface area contributed by atoms with Crippen molar-refractivity contribution >= 4 is 5.82 Å². The number of aryl methyl sites for hydroxylation is 3. The minimum atomic E-state index is 0.644. The zero-order valence-electron chi connectivity index (χ0n) is 11.6. The Bertz CT molecular complexity index is 665. The molecule has 0 aromatic carbocycles. The molecule has 0 bridgehead atoms. The molecule has 2 aromatic rings. The average molecular weight is 267 g/mol. The van der Waals surface area contributed by atoms with Gasteiger partial charge in [0.2, 0.25) is 0 Å². The molecule has 0 amide bonds. The van der Waals surface area contributed by atoms with Gasteiger partial charge in [-0.2, -0.15) is 5.26 Å². The van der Waals surface area contributed by atoms with Crippen LogP contribution in [0.15, 0.2) is 18.5 Å². The zero-order valence-corrected chi connectivity index (χ0v) is 11.6. The van der Waals surface area contributed by atoms with Crippen LogP contribution in [0.4, 0.5) is 5.82 Å². The number of rotatable bonds is 4. The number of hydrogen-bond acceptors (Lipinski definition) is 4. The number of nitrogens with zero attached hydrogens (tertiary/aromatic N) is 4. The number of nitrogens with one attached hydrogen (secondary N) is 1. The summed E-state index contributed by atoms with van der Waals surface area (Å²) in [5.74, 6) is 1.74. The highest BCUT2D eigenvalue weighted by molar-refractivity contribution is 5.55. The van der Waals surface area contributed by atoms with E-state index in [1.54, 1.807) is 6.20 Å². The van der Waals surface area contributed by atoms with Gasteiger partial charge in [-0.25, -0.2) is 9.97 Å². The summed E-state index contributed by atoms with van der Waals surface area (Å²) in [5, 5.41) is 12.5. The molecule has 2 heterocycles. The summed E-state index contributed by atoms with van der Waals surface area (Å²) in [6.45, 7) is 0.727. The minimum absolute atomic E-state index is 0.644. The van der Waals surface area contributed by atoms with Crippen LogP contribution in [0.1, 0.15) is 29.1 Å². The first-order chi connectivity index (χ1) is 9.78. The Morgan fingerprint density at radius 2 is 2.35 bits per heavy atom. The lowest BCUT2D eigenvalue weighted by Gasteiger charge is -2.09. The van der Waals surface area contributed by atoms with E-state index in [1.165, 1.54) is 5.56 Å². The Morgan fingerprint density at radius 1 is 1.45 bits per heavy atom. The molecule has 0 fully saturated rings. The van der Waals surface area contributed by atoms with E-state index in [0.29, 0.717) is 11.4 Å². The van der Waals surface area contributed by atoms with Crippen LogP contribution in [0.3, 0.4) is 0 Å². The summed E-state index contributed by atoms with van der Waals surface area (Å²) in [6, 6.07) is 4.22. The summed E-state index contributed by atoms with van der Waals surface area (Å²) in [7, 11) is 1.98. The average Bonchev–Trinajstić information content (AvgIpc) is 3.06. The van der Waals surface area contributed by atoms with E-state index >= 15 is 0 Å². The van der Waals surface area contributed by atoms with Crippen molar-refractivity contribution in [3.8, 4) is 6.07 Å². The second-order valence-corrected chi connectivity index (χ2v) is 5.09. The van der Waals surface area contributed by atoms with E-state index in [9.17, 15) is 5.26 Å². The van der Waals surface area contributed by atoms with E-state index in [2.05, 4.69) is 21.4 Å². The maximum Gasteiger partial charge on any atom is 0.144 e. The Hall–Kier alpha value is -2.35. The van der Waals surface area contributed by atoms with Crippen LogP contribution >= 0.6 is 0 Å². The fraction of sp³-hybridized carbons (Fsp3) is 0.400. The van der Waals surface area contributed by atoms with Gasteiger partial charge in [-0.15, -0.1) is 0 Å². The summed E-state index contributed by atoms with van der Waals surface area (Å²) in [6.07, 6.45) is 7.75. The Balaban J connectivity index is 1.71. The lowest BCUT2D eigenvalue weighted by atomic mass is 10.1. The molecular formula is C15H17N5. The van der Waals surface area contributed by atoms with Gasteiger partial charge in [-0.05, 0) is 30.9 Å². The van der Waals surface area contributed by atoms with Gasteiger partial charge in [-0.3, -0.25) is 0 Å². The minimum Gasteiger partial charge on any atom is -0.369 e. The smallest absolute Gasteiger partial charge is 0.144 e. The van der Waals surface area contributed by atoms with Crippen LogP contribution in [0.25, 0.3) is 0 Å². The number of anilines is 1. The topological polar surface area (TPSA) is 66.5 Å². The molecule has 0 radical (unpaired) electrons. The summed E-state index contributed by atoms with van der Waals surface area (Å²) in [4.78, 5) is 8.89. The second kappa shape index (κ2) is 5.33. The van der Waals surface area contributed by atoms with Gasteiger partial charge < -0.3 is 9.88 Å². The summed E-state index contributed by atoms with van der Waals surface area (Å²) in [5.41, 5.74) is 3.02. The molecule has 1 aliphatic rings. The number of imidazole rings is 1. The van der Waals surface area contributed by atoms with Crippen molar-refractivity contribution in [2.75, 3.05) is 11.9 Å². The monoisotopic (exact) mass is 267 g/mol.